The second kappa shape index (κ2) is 8.95. The number of anilines is 2. The van der Waals surface area contributed by atoms with Crippen LogP contribution in [0.5, 0.6) is 0 Å². The van der Waals surface area contributed by atoms with E-state index in [1.54, 1.807) is 23.7 Å². The third-order valence-electron chi connectivity index (χ3n) is 4.62. The molecule has 28 heavy (non-hydrogen) atoms. The van der Waals surface area contributed by atoms with Crippen molar-refractivity contribution in [2.24, 2.45) is 0 Å². The normalized spacial score (nSPS) is 14.1. The number of hydrogen-bond acceptors (Lipinski definition) is 6. The number of ether oxygens (including phenoxy) is 1. The monoisotopic (exact) mass is 394 g/mol. The predicted molar refractivity (Wildman–Crippen MR) is 112 cm³/mol. The summed E-state index contributed by atoms with van der Waals surface area (Å²) in [5.41, 5.74) is 3.88. The van der Waals surface area contributed by atoms with Gasteiger partial charge in [-0.25, -0.2) is 4.98 Å². The van der Waals surface area contributed by atoms with Crippen LogP contribution in [0.2, 0.25) is 0 Å². The van der Waals surface area contributed by atoms with Crippen molar-refractivity contribution in [2.45, 2.75) is 12.8 Å². The molecule has 3 heterocycles. The molecule has 0 aliphatic carbocycles. The topological polar surface area (TPSA) is 67.4 Å². The Labute approximate surface area is 168 Å². The van der Waals surface area contributed by atoms with E-state index >= 15 is 0 Å². The van der Waals surface area contributed by atoms with Crippen LogP contribution in [0.15, 0.2) is 54.2 Å². The van der Waals surface area contributed by atoms with Gasteiger partial charge >= 0.3 is 0 Å². The minimum absolute atomic E-state index is 0.00127. The van der Waals surface area contributed by atoms with Crippen LogP contribution in [0.4, 0.5) is 11.4 Å². The summed E-state index contributed by atoms with van der Waals surface area (Å²) in [6.45, 7) is 3.10. The zero-order chi connectivity index (χ0) is 19.2. The molecule has 1 aliphatic heterocycles. The Morgan fingerprint density at radius 3 is 2.75 bits per heavy atom. The van der Waals surface area contributed by atoms with Gasteiger partial charge in [0.2, 0.25) is 5.91 Å². The van der Waals surface area contributed by atoms with Gasteiger partial charge in [0.1, 0.15) is 0 Å². The molecule has 4 rings (SSSR count). The Kier molecular flexibility index (Phi) is 5.94. The van der Waals surface area contributed by atoms with E-state index in [9.17, 15) is 4.79 Å². The molecule has 3 aromatic rings. The van der Waals surface area contributed by atoms with E-state index in [1.165, 1.54) is 0 Å². The molecule has 0 bridgehead atoms. The molecule has 6 nitrogen and oxygen atoms in total. The average molecular weight is 395 g/mol. The first-order valence-corrected chi connectivity index (χ1v) is 10.2. The van der Waals surface area contributed by atoms with Gasteiger partial charge < -0.3 is 15.0 Å². The second-order valence-electron chi connectivity index (χ2n) is 6.53. The van der Waals surface area contributed by atoms with Crippen molar-refractivity contribution >= 4 is 28.6 Å². The van der Waals surface area contributed by atoms with E-state index in [0.29, 0.717) is 26.1 Å². The average Bonchev–Trinajstić information content (AvgIpc) is 3.23. The number of hydrogen-bond donors (Lipinski definition) is 1. The third-order valence-corrected chi connectivity index (χ3v) is 5.53. The number of rotatable bonds is 6. The summed E-state index contributed by atoms with van der Waals surface area (Å²) in [5.74, 6) is 0.00127. The Hall–Kier alpha value is -2.77. The number of para-hydroxylation sites is 2. The van der Waals surface area contributed by atoms with Crippen LogP contribution in [0.25, 0.3) is 11.3 Å². The number of carbonyl (C=O) groups excluding carboxylic acids is 1. The molecule has 1 aromatic carbocycles. The molecule has 0 spiro atoms. The fourth-order valence-corrected chi connectivity index (χ4v) is 3.98. The second-order valence-corrected chi connectivity index (χ2v) is 7.47. The van der Waals surface area contributed by atoms with Gasteiger partial charge in [-0.1, -0.05) is 12.1 Å². The highest BCUT2D eigenvalue weighted by Crippen LogP contribution is 2.27. The van der Waals surface area contributed by atoms with E-state index in [1.807, 2.05) is 41.8 Å². The number of nitrogens with zero attached hydrogens (tertiary/aromatic N) is 3. The molecule has 0 saturated carbocycles. The summed E-state index contributed by atoms with van der Waals surface area (Å²) in [4.78, 5) is 23.4. The minimum atomic E-state index is 0.00127. The number of thiazole rings is 1. The number of aromatic nitrogens is 2. The standard InChI is InChI=1S/C21H22N4O2S/c26-20(5-6-21-24-18(15-28-21)16-7-9-22-10-8-16)23-17-3-1-2-4-19(17)25-11-13-27-14-12-25/h1-4,7-10,15H,5-6,11-14H2,(H,23,26). The molecule has 1 amide bonds. The summed E-state index contributed by atoms with van der Waals surface area (Å²) in [6, 6.07) is 11.8. The lowest BCUT2D eigenvalue weighted by molar-refractivity contribution is -0.116. The van der Waals surface area contributed by atoms with Crippen LogP contribution in [0.3, 0.4) is 0 Å². The maximum Gasteiger partial charge on any atom is 0.224 e. The molecule has 1 aliphatic rings. The summed E-state index contributed by atoms with van der Waals surface area (Å²) in [7, 11) is 0. The van der Waals surface area contributed by atoms with Crippen LogP contribution in [0.1, 0.15) is 11.4 Å². The van der Waals surface area contributed by atoms with Gasteiger partial charge in [-0.2, -0.15) is 0 Å². The van der Waals surface area contributed by atoms with Gasteiger partial charge in [0.25, 0.3) is 0 Å². The Morgan fingerprint density at radius 2 is 1.93 bits per heavy atom. The van der Waals surface area contributed by atoms with Crippen LogP contribution in [-0.2, 0) is 16.0 Å². The van der Waals surface area contributed by atoms with Crippen molar-refractivity contribution in [1.29, 1.82) is 0 Å². The van der Waals surface area contributed by atoms with Crippen LogP contribution >= 0.6 is 11.3 Å². The third kappa shape index (κ3) is 4.55. The fourth-order valence-electron chi connectivity index (χ4n) is 3.17. The zero-order valence-electron chi connectivity index (χ0n) is 15.5. The van der Waals surface area contributed by atoms with E-state index in [-0.39, 0.29) is 5.91 Å². The molecular formula is C21H22N4O2S. The molecule has 0 atom stereocenters. The highest BCUT2D eigenvalue weighted by molar-refractivity contribution is 7.09. The van der Waals surface area contributed by atoms with Gasteiger partial charge in [0.05, 0.1) is 35.3 Å². The molecular weight excluding hydrogens is 372 g/mol. The Bertz CT molecular complexity index is 923. The van der Waals surface area contributed by atoms with Gasteiger partial charge in [-0.3, -0.25) is 9.78 Å². The fraction of sp³-hybridized carbons (Fsp3) is 0.286. The van der Waals surface area contributed by atoms with E-state index < -0.39 is 0 Å². The molecule has 2 aromatic heterocycles. The Balaban J connectivity index is 1.36. The number of benzene rings is 1. The van der Waals surface area contributed by atoms with Crippen molar-refractivity contribution in [1.82, 2.24) is 9.97 Å². The summed E-state index contributed by atoms with van der Waals surface area (Å²) < 4.78 is 5.43. The summed E-state index contributed by atoms with van der Waals surface area (Å²) in [5, 5.41) is 6.05. The minimum Gasteiger partial charge on any atom is -0.378 e. The lowest BCUT2D eigenvalue weighted by Crippen LogP contribution is -2.36. The highest BCUT2D eigenvalue weighted by atomic mass is 32.1. The first-order chi connectivity index (χ1) is 13.8. The molecule has 1 N–H and O–H groups in total. The number of nitrogens with one attached hydrogen (secondary N) is 1. The number of amides is 1. The number of aryl methyl sites for hydroxylation is 1. The number of carbonyl (C=O) groups is 1. The molecule has 0 unspecified atom stereocenters. The smallest absolute Gasteiger partial charge is 0.224 e. The first-order valence-electron chi connectivity index (χ1n) is 9.36. The molecule has 1 fully saturated rings. The molecule has 144 valence electrons. The molecule has 1 saturated heterocycles. The highest BCUT2D eigenvalue weighted by Gasteiger charge is 2.16. The lowest BCUT2D eigenvalue weighted by atomic mass is 10.2. The van der Waals surface area contributed by atoms with Crippen molar-refractivity contribution in [3.05, 3.63) is 59.2 Å². The van der Waals surface area contributed by atoms with Gasteiger partial charge in [-0.05, 0) is 24.3 Å². The maximum atomic E-state index is 12.5. The summed E-state index contributed by atoms with van der Waals surface area (Å²) in [6.07, 6.45) is 4.55. The largest absolute Gasteiger partial charge is 0.378 e. The predicted octanol–water partition coefficient (Wildman–Crippen LogP) is 3.61. The van der Waals surface area contributed by atoms with Gasteiger partial charge in [0, 0.05) is 49.3 Å². The summed E-state index contributed by atoms with van der Waals surface area (Å²) >= 11 is 1.58. The number of morpholine rings is 1. The van der Waals surface area contributed by atoms with E-state index in [4.69, 9.17) is 4.74 Å². The zero-order valence-corrected chi connectivity index (χ0v) is 16.3. The molecule has 7 heteroatoms. The SMILES string of the molecule is O=C(CCc1nc(-c2ccncc2)cs1)Nc1ccccc1N1CCOCC1. The van der Waals surface area contributed by atoms with Crippen LogP contribution in [0, 0.1) is 0 Å². The van der Waals surface area contributed by atoms with Crippen LogP contribution < -0.4 is 10.2 Å². The van der Waals surface area contributed by atoms with E-state index in [0.717, 1.165) is 40.7 Å². The maximum absolute atomic E-state index is 12.5. The van der Waals surface area contributed by atoms with Crippen LogP contribution in [-0.4, -0.2) is 42.2 Å². The lowest BCUT2D eigenvalue weighted by Gasteiger charge is -2.30. The van der Waals surface area contributed by atoms with Crippen molar-refractivity contribution < 1.29 is 9.53 Å². The quantitative estimate of drug-likeness (QED) is 0.692. The first kappa shape index (κ1) is 18.6. The Morgan fingerprint density at radius 1 is 1.14 bits per heavy atom. The van der Waals surface area contributed by atoms with Crippen molar-refractivity contribution in [3.8, 4) is 11.3 Å². The van der Waals surface area contributed by atoms with Crippen molar-refractivity contribution in [3.63, 3.8) is 0 Å². The van der Waals surface area contributed by atoms with E-state index in [2.05, 4.69) is 20.2 Å². The van der Waals surface area contributed by atoms with Crippen molar-refractivity contribution in [2.75, 3.05) is 36.5 Å². The molecule has 0 radical (unpaired) electrons. The van der Waals surface area contributed by atoms with Gasteiger partial charge in [0.15, 0.2) is 0 Å². The van der Waals surface area contributed by atoms with Gasteiger partial charge in [-0.15, -0.1) is 11.3 Å². The number of pyridine rings is 1.